The molecule has 6 heteroatoms. The predicted molar refractivity (Wildman–Crippen MR) is 101 cm³/mol. The Morgan fingerprint density at radius 3 is 2.56 bits per heavy atom. The fraction of sp³-hybridized carbons (Fsp3) is 0.263. The molecule has 0 saturated heterocycles. The summed E-state index contributed by atoms with van der Waals surface area (Å²) >= 11 is 1.69. The van der Waals surface area contributed by atoms with Gasteiger partial charge in [0.15, 0.2) is 0 Å². The van der Waals surface area contributed by atoms with Crippen molar-refractivity contribution in [3.8, 4) is 21.0 Å². The maximum absolute atomic E-state index is 12.1. The Bertz CT molecular complexity index is 794. The molecular weight excluding hydrogens is 334 g/mol. The van der Waals surface area contributed by atoms with Crippen molar-refractivity contribution in [3.63, 3.8) is 0 Å². The smallest absolute Gasteiger partial charge is 0.251 e. The van der Waals surface area contributed by atoms with Crippen molar-refractivity contribution in [1.82, 2.24) is 15.5 Å². The molecular formula is C19H21N3O2S. The number of aromatic amines is 1. The van der Waals surface area contributed by atoms with Crippen molar-refractivity contribution < 1.29 is 9.90 Å². The highest BCUT2D eigenvalue weighted by Gasteiger charge is 2.08. The Labute approximate surface area is 150 Å². The molecule has 0 aliphatic rings. The van der Waals surface area contributed by atoms with E-state index in [1.165, 1.54) is 0 Å². The Kier molecular flexibility index (Phi) is 5.98. The van der Waals surface area contributed by atoms with Crippen LogP contribution in [0.25, 0.3) is 21.0 Å². The van der Waals surface area contributed by atoms with Gasteiger partial charge in [-0.1, -0.05) is 12.1 Å². The number of carbonyl (C=O) groups excluding carboxylic acids is 1. The van der Waals surface area contributed by atoms with Crippen LogP contribution in [0, 0.1) is 0 Å². The number of unbranched alkanes of at least 4 members (excludes halogenated alkanes) is 2. The molecule has 2 aromatic heterocycles. The van der Waals surface area contributed by atoms with E-state index in [-0.39, 0.29) is 12.5 Å². The fourth-order valence-electron chi connectivity index (χ4n) is 2.53. The summed E-state index contributed by atoms with van der Waals surface area (Å²) < 4.78 is 0. The van der Waals surface area contributed by atoms with Gasteiger partial charge in [0.05, 0.1) is 10.6 Å². The molecule has 1 aromatic carbocycles. The molecule has 0 radical (unpaired) electrons. The Hall–Kier alpha value is -2.44. The lowest BCUT2D eigenvalue weighted by atomic mass is 10.1. The number of hydrogen-bond donors (Lipinski definition) is 3. The van der Waals surface area contributed by atoms with Gasteiger partial charge in [0.25, 0.3) is 5.91 Å². The van der Waals surface area contributed by atoms with Crippen LogP contribution in [-0.2, 0) is 0 Å². The standard InChI is InChI=1S/C19H21N3O2S/c23-13-3-1-2-11-20-19(24)15-6-4-14(5-7-15)17-8-9-18(25-17)16-10-12-21-22-16/h4-10,12,23H,1-3,11,13H2,(H,20,24)(H,21,22). The molecule has 25 heavy (non-hydrogen) atoms. The van der Waals surface area contributed by atoms with Crippen LogP contribution >= 0.6 is 11.3 Å². The number of rotatable bonds is 8. The largest absolute Gasteiger partial charge is 0.396 e. The summed E-state index contributed by atoms with van der Waals surface area (Å²) in [5.74, 6) is -0.0557. The third-order valence-corrected chi connectivity index (χ3v) is 5.09. The van der Waals surface area contributed by atoms with Crippen molar-refractivity contribution in [2.75, 3.05) is 13.2 Å². The van der Waals surface area contributed by atoms with Crippen molar-refractivity contribution in [1.29, 1.82) is 0 Å². The summed E-state index contributed by atoms with van der Waals surface area (Å²) in [6.07, 6.45) is 4.33. The monoisotopic (exact) mass is 355 g/mol. The molecule has 0 bridgehead atoms. The third-order valence-electron chi connectivity index (χ3n) is 3.92. The van der Waals surface area contributed by atoms with Crippen LogP contribution in [0.4, 0.5) is 0 Å². The van der Waals surface area contributed by atoms with Crippen molar-refractivity contribution in [3.05, 3.63) is 54.2 Å². The number of hydrogen-bond acceptors (Lipinski definition) is 4. The molecule has 0 saturated carbocycles. The second kappa shape index (κ2) is 8.60. The number of amides is 1. The van der Waals surface area contributed by atoms with Gasteiger partial charge in [0, 0.05) is 29.8 Å². The van der Waals surface area contributed by atoms with Gasteiger partial charge < -0.3 is 10.4 Å². The predicted octanol–water partition coefficient (Wildman–Crippen LogP) is 3.70. The van der Waals surface area contributed by atoms with Crippen molar-refractivity contribution in [2.45, 2.75) is 19.3 Å². The van der Waals surface area contributed by atoms with Crippen LogP contribution in [0.15, 0.2) is 48.7 Å². The van der Waals surface area contributed by atoms with Crippen LogP contribution in [0.2, 0.25) is 0 Å². The number of aliphatic hydroxyl groups is 1. The Morgan fingerprint density at radius 1 is 1.04 bits per heavy atom. The topological polar surface area (TPSA) is 78.0 Å². The number of nitrogens with one attached hydrogen (secondary N) is 2. The average molecular weight is 355 g/mol. The zero-order valence-electron chi connectivity index (χ0n) is 13.9. The first kappa shape index (κ1) is 17.4. The molecule has 2 heterocycles. The average Bonchev–Trinajstić information content (AvgIpc) is 3.33. The molecule has 3 rings (SSSR count). The number of carbonyl (C=O) groups is 1. The first-order valence-corrected chi connectivity index (χ1v) is 9.18. The van der Waals surface area contributed by atoms with Crippen LogP contribution in [-0.4, -0.2) is 34.4 Å². The number of H-pyrrole nitrogens is 1. The molecule has 130 valence electrons. The van der Waals surface area contributed by atoms with E-state index in [4.69, 9.17) is 5.11 Å². The van der Waals surface area contributed by atoms with E-state index in [1.807, 2.05) is 30.3 Å². The van der Waals surface area contributed by atoms with Crippen molar-refractivity contribution >= 4 is 17.2 Å². The van der Waals surface area contributed by atoms with Gasteiger partial charge in [-0.25, -0.2) is 0 Å². The maximum atomic E-state index is 12.1. The van der Waals surface area contributed by atoms with Gasteiger partial charge in [0.1, 0.15) is 0 Å². The highest BCUT2D eigenvalue weighted by atomic mass is 32.1. The van der Waals surface area contributed by atoms with Gasteiger partial charge in [-0.15, -0.1) is 11.3 Å². The Morgan fingerprint density at radius 2 is 1.84 bits per heavy atom. The summed E-state index contributed by atoms with van der Waals surface area (Å²) in [6.45, 7) is 0.846. The van der Waals surface area contributed by atoms with Crippen LogP contribution in [0.3, 0.4) is 0 Å². The quantitative estimate of drug-likeness (QED) is 0.539. The molecule has 1 amide bonds. The highest BCUT2D eigenvalue weighted by molar-refractivity contribution is 7.18. The lowest BCUT2D eigenvalue weighted by Crippen LogP contribution is -2.24. The normalized spacial score (nSPS) is 10.8. The minimum atomic E-state index is -0.0557. The Balaban J connectivity index is 1.59. The number of aromatic nitrogens is 2. The molecule has 5 nitrogen and oxygen atoms in total. The van der Waals surface area contributed by atoms with Crippen LogP contribution < -0.4 is 5.32 Å². The van der Waals surface area contributed by atoms with E-state index in [0.717, 1.165) is 40.3 Å². The maximum Gasteiger partial charge on any atom is 0.251 e. The van der Waals surface area contributed by atoms with Gasteiger partial charge in [-0.05, 0) is 55.2 Å². The van der Waals surface area contributed by atoms with Crippen LogP contribution in [0.1, 0.15) is 29.6 Å². The summed E-state index contributed by atoms with van der Waals surface area (Å²) in [6, 6.07) is 13.8. The molecule has 3 aromatic rings. The summed E-state index contributed by atoms with van der Waals surface area (Å²) in [5, 5.41) is 18.6. The van der Waals surface area contributed by atoms with Gasteiger partial charge in [0.2, 0.25) is 0 Å². The van der Waals surface area contributed by atoms with Gasteiger partial charge >= 0.3 is 0 Å². The van der Waals surface area contributed by atoms with Crippen molar-refractivity contribution in [2.24, 2.45) is 0 Å². The second-order valence-electron chi connectivity index (χ2n) is 5.75. The molecule has 0 unspecified atom stereocenters. The van der Waals surface area contributed by atoms with E-state index in [2.05, 4.69) is 27.6 Å². The molecule has 0 spiro atoms. The lowest BCUT2D eigenvalue weighted by Gasteiger charge is -2.05. The molecule has 0 fully saturated rings. The number of aliphatic hydroxyl groups excluding tert-OH is 1. The van der Waals surface area contributed by atoms with E-state index in [9.17, 15) is 4.79 Å². The number of nitrogens with zero attached hydrogens (tertiary/aromatic N) is 1. The first-order valence-electron chi connectivity index (χ1n) is 8.37. The number of thiophene rings is 1. The van der Waals surface area contributed by atoms with Gasteiger partial charge in [-0.2, -0.15) is 5.10 Å². The second-order valence-corrected chi connectivity index (χ2v) is 6.84. The third kappa shape index (κ3) is 4.55. The van der Waals surface area contributed by atoms with E-state index >= 15 is 0 Å². The van der Waals surface area contributed by atoms with E-state index in [1.54, 1.807) is 17.5 Å². The lowest BCUT2D eigenvalue weighted by molar-refractivity contribution is 0.0953. The summed E-state index contributed by atoms with van der Waals surface area (Å²) in [4.78, 5) is 14.4. The zero-order valence-corrected chi connectivity index (χ0v) is 14.7. The summed E-state index contributed by atoms with van der Waals surface area (Å²) in [7, 11) is 0. The van der Waals surface area contributed by atoms with E-state index in [0.29, 0.717) is 12.1 Å². The SMILES string of the molecule is O=C(NCCCCCO)c1ccc(-c2ccc(-c3ccn[nH]3)s2)cc1. The minimum Gasteiger partial charge on any atom is -0.396 e. The highest BCUT2D eigenvalue weighted by Crippen LogP contribution is 2.33. The minimum absolute atomic E-state index is 0.0557. The molecule has 0 aliphatic carbocycles. The van der Waals surface area contributed by atoms with Gasteiger partial charge in [-0.3, -0.25) is 9.89 Å². The molecule has 3 N–H and O–H groups in total. The fourth-order valence-corrected chi connectivity index (χ4v) is 3.52. The molecule has 0 atom stereocenters. The zero-order chi connectivity index (χ0) is 17.5. The van der Waals surface area contributed by atoms with Crippen LogP contribution in [0.5, 0.6) is 0 Å². The summed E-state index contributed by atoms with van der Waals surface area (Å²) in [5.41, 5.74) is 2.76. The molecule has 0 aliphatic heterocycles. The number of benzene rings is 1. The van der Waals surface area contributed by atoms with E-state index < -0.39 is 0 Å². The first-order chi connectivity index (χ1) is 12.3.